The molecule has 0 spiro atoms. The lowest BCUT2D eigenvalue weighted by Gasteiger charge is -2.26. The summed E-state index contributed by atoms with van der Waals surface area (Å²) in [5.41, 5.74) is 1.09. The number of carbonyl (C=O) groups excluding carboxylic acids is 3. The lowest BCUT2D eigenvalue weighted by molar-refractivity contribution is -0.141. The van der Waals surface area contributed by atoms with Crippen LogP contribution in [0.4, 0.5) is 0 Å². The molecule has 2 aromatic carbocycles. The van der Waals surface area contributed by atoms with E-state index in [0.717, 1.165) is 11.3 Å². The first-order valence-corrected chi connectivity index (χ1v) is 13.6. The number of amides is 1. The van der Waals surface area contributed by atoms with Gasteiger partial charge in [-0.15, -0.1) is 0 Å². The summed E-state index contributed by atoms with van der Waals surface area (Å²) in [6.45, 7) is 2.93. The highest BCUT2D eigenvalue weighted by atomic mass is 32.2. The van der Waals surface area contributed by atoms with E-state index < -0.39 is 27.9 Å². The Hall–Kier alpha value is -3.39. The molecule has 1 saturated heterocycles. The summed E-state index contributed by atoms with van der Waals surface area (Å²) in [5, 5.41) is 0. The molecule has 2 heterocycles. The molecule has 0 saturated carbocycles. The average Bonchev–Trinajstić information content (AvgIpc) is 3.24. The fourth-order valence-electron chi connectivity index (χ4n) is 3.70. The average molecular weight is 548 g/mol. The van der Waals surface area contributed by atoms with Crippen molar-refractivity contribution >= 4 is 49.4 Å². The van der Waals surface area contributed by atoms with E-state index in [1.165, 1.54) is 40.2 Å². The van der Waals surface area contributed by atoms with Crippen LogP contribution in [0.3, 0.4) is 0 Å². The Morgan fingerprint density at radius 3 is 2.38 bits per heavy atom. The van der Waals surface area contributed by atoms with Gasteiger partial charge in [-0.1, -0.05) is 11.3 Å². The van der Waals surface area contributed by atoms with Gasteiger partial charge in [0.1, 0.15) is 6.54 Å². The van der Waals surface area contributed by atoms with Crippen LogP contribution in [0.1, 0.15) is 27.6 Å². The first kappa shape index (κ1) is 26.7. The van der Waals surface area contributed by atoms with E-state index in [0.29, 0.717) is 29.0 Å². The number of fused-ring (bicyclic) bond motifs is 1. The first-order valence-electron chi connectivity index (χ1n) is 11.4. The van der Waals surface area contributed by atoms with Crippen molar-refractivity contribution in [1.29, 1.82) is 0 Å². The number of aromatic nitrogens is 1. The quantitative estimate of drug-likeness (QED) is 0.409. The maximum absolute atomic E-state index is 13.0. The minimum absolute atomic E-state index is 0.0695. The molecule has 196 valence electrons. The molecule has 3 aromatic rings. The Morgan fingerprint density at radius 2 is 1.73 bits per heavy atom. The van der Waals surface area contributed by atoms with Crippen molar-refractivity contribution in [2.45, 2.75) is 18.4 Å². The van der Waals surface area contributed by atoms with Gasteiger partial charge in [-0.25, -0.2) is 13.2 Å². The van der Waals surface area contributed by atoms with Crippen LogP contribution >= 0.6 is 11.3 Å². The summed E-state index contributed by atoms with van der Waals surface area (Å²) in [5.74, 6) is -1.65. The SMILES string of the molecule is CCOC(=O)c1ccc2c(c1)sc(=NC(=O)c1ccc(S(=O)(=O)N3CCOCC3)cc1)n2CC(=O)OC. The zero-order valence-corrected chi connectivity index (χ0v) is 21.8. The zero-order valence-electron chi connectivity index (χ0n) is 20.2. The van der Waals surface area contributed by atoms with Crippen molar-refractivity contribution in [2.75, 3.05) is 40.0 Å². The molecular formula is C24H25N3O8S2. The molecule has 0 N–H and O–H groups in total. The van der Waals surface area contributed by atoms with Crippen molar-refractivity contribution in [3.8, 4) is 0 Å². The van der Waals surface area contributed by atoms with Gasteiger partial charge in [-0.3, -0.25) is 9.59 Å². The number of rotatable bonds is 7. The molecule has 1 aromatic heterocycles. The summed E-state index contributed by atoms with van der Waals surface area (Å²) in [6.07, 6.45) is 0. The van der Waals surface area contributed by atoms with Gasteiger partial charge in [-0.05, 0) is 49.4 Å². The Morgan fingerprint density at radius 1 is 1.05 bits per heavy atom. The largest absolute Gasteiger partial charge is 0.468 e. The molecule has 0 aliphatic carbocycles. The second kappa shape index (κ2) is 11.3. The molecular weight excluding hydrogens is 522 g/mol. The monoisotopic (exact) mass is 547 g/mol. The topological polar surface area (TPSA) is 134 Å². The second-order valence-electron chi connectivity index (χ2n) is 7.91. The third-order valence-corrected chi connectivity index (χ3v) is 8.57. The van der Waals surface area contributed by atoms with Crippen LogP contribution in [0.5, 0.6) is 0 Å². The molecule has 0 radical (unpaired) electrons. The number of hydrogen-bond acceptors (Lipinski definition) is 9. The van der Waals surface area contributed by atoms with Crippen LogP contribution in [-0.2, 0) is 35.6 Å². The standard InChI is InChI=1S/C24H25N3O8S2/c1-3-35-23(30)17-6-9-19-20(14-17)36-24(27(19)15-21(28)33-2)25-22(29)16-4-7-18(8-5-16)37(31,32)26-10-12-34-13-11-26/h4-9,14H,3,10-13,15H2,1-2H3. The van der Waals surface area contributed by atoms with Crippen LogP contribution in [0.15, 0.2) is 52.4 Å². The van der Waals surface area contributed by atoms with Crippen molar-refractivity contribution < 1.29 is 37.0 Å². The van der Waals surface area contributed by atoms with E-state index in [9.17, 15) is 22.8 Å². The van der Waals surface area contributed by atoms with Crippen molar-refractivity contribution in [2.24, 2.45) is 4.99 Å². The number of benzene rings is 2. The summed E-state index contributed by atoms with van der Waals surface area (Å²) in [7, 11) is -2.44. The Kier molecular flexibility index (Phi) is 8.17. The third kappa shape index (κ3) is 5.80. The molecule has 1 aliphatic rings. The molecule has 0 bridgehead atoms. The van der Waals surface area contributed by atoms with E-state index in [2.05, 4.69) is 4.99 Å². The van der Waals surface area contributed by atoms with Gasteiger partial charge >= 0.3 is 11.9 Å². The highest BCUT2D eigenvalue weighted by Gasteiger charge is 2.26. The van der Waals surface area contributed by atoms with Gasteiger partial charge in [0.15, 0.2) is 4.80 Å². The number of ether oxygens (including phenoxy) is 3. The number of nitrogens with zero attached hydrogens (tertiary/aromatic N) is 3. The van der Waals surface area contributed by atoms with E-state index in [1.54, 1.807) is 25.1 Å². The highest BCUT2D eigenvalue weighted by Crippen LogP contribution is 2.21. The van der Waals surface area contributed by atoms with E-state index in [-0.39, 0.29) is 41.5 Å². The van der Waals surface area contributed by atoms with Crippen LogP contribution < -0.4 is 4.80 Å². The summed E-state index contributed by atoms with van der Waals surface area (Å²) in [4.78, 5) is 41.6. The molecule has 4 rings (SSSR count). The molecule has 1 aliphatic heterocycles. The summed E-state index contributed by atoms with van der Waals surface area (Å²) >= 11 is 1.12. The summed E-state index contributed by atoms with van der Waals surface area (Å²) < 4.78 is 44.2. The lowest BCUT2D eigenvalue weighted by atomic mass is 10.2. The molecule has 0 atom stereocenters. The molecule has 37 heavy (non-hydrogen) atoms. The van der Waals surface area contributed by atoms with Crippen molar-refractivity contribution in [3.63, 3.8) is 0 Å². The number of sulfonamides is 1. The molecule has 13 heteroatoms. The Balaban J connectivity index is 1.68. The number of thiazole rings is 1. The highest BCUT2D eigenvalue weighted by molar-refractivity contribution is 7.89. The fraction of sp³-hybridized carbons (Fsp3) is 0.333. The number of carbonyl (C=O) groups is 3. The molecule has 1 amide bonds. The maximum atomic E-state index is 13.0. The van der Waals surface area contributed by atoms with Gasteiger partial charge in [0.2, 0.25) is 10.0 Å². The van der Waals surface area contributed by atoms with Crippen LogP contribution in [0.2, 0.25) is 0 Å². The predicted molar refractivity (Wildman–Crippen MR) is 134 cm³/mol. The van der Waals surface area contributed by atoms with E-state index >= 15 is 0 Å². The van der Waals surface area contributed by atoms with E-state index in [1.807, 2.05) is 0 Å². The fourth-order valence-corrected chi connectivity index (χ4v) is 6.18. The van der Waals surface area contributed by atoms with Crippen molar-refractivity contribution in [3.05, 3.63) is 58.4 Å². The normalized spacial score (nSPS) is 15.0. The number of hydrogen-bond donors (Lipinski definition) is 0. The molecule has 0 unspecified atom stereocenters. The number of methoxy groups -OCH3 is 1. The van der Waals surface area contributed by atoms with Gasteiger partial charge in [-0.2, -0.15) is 9.30 Å². The Labute approximate surface area is 216 Å². The first-order chi connectivity index (χ1) is 17.7. The molecule has 11 nitrogen and oxygen atoms in total. The predicted octanol–water partition coefficient (Wildman–Crippen LogP) is 1.81. The minimum atomic E-state index is -3.70. The molecule has 1 fully saturated rings. The maximum Gasteiger partial charge on any atom is 0.338 e. The van der Waals surface area contributed by atoms with Crippen LogP contribution in [-0.4, -0.2) is 75.2 Å². The van der Waals surface area contributed by atoms with Crippen LogP contribution in [0.25, 0.3) is 10.2 Å². The smallest absolute Gasteiger partial charge is 0.338 e. The second-order valence-corrected chi connectivity index (χ2v) is 10.9. The Bertz CT molecular complexity index is 1500. The minimum Gasteiger partial charge on any atom is -0.468 e. The summed E-state index contributed by atoms with van der Waals surface area (Å²) in [6, 6.07) is 10.4. The van der Waals surface area contributed by atoms with Gasteiger partial charge in [0, 0.05) is 18.7 Å². The van der Waals surface area contributed by atoms with Crippen molar-refractivity contribution in [1.82, 2.24) is 8.87 Å². The van der Waals surface area contributed by atoms with Gasteiger partial charge in [0.05, 0.1) is 47.6 Å². The van der Waals surface area contributed by atoms with Crippen LogP contribution in [0, 0.1) is 0 Å². The third-order valence-electron chi connectivity index (χ3n) is 5.62. The van der Waals surface area contributed by atoms with E-state index in [4.69, 9.17) is 14.2 Å². The van der Waals surface area contributed by atoms with Gasteiger partial charge in [0.25, 0.3) is 5.91 Å². The number of morpholine rings is 1. The van der Waals surface area contributed by atoms with Gasteiger partial charge < -0.3 is 18.8 Å². The number of esters is 2. The lowest BCUT2D eigenvalue weighted by Crippen LogP contribution is -2.40. The zero-order chi connectivity index (χ0) is 26.6.